The summed E-state index contributed by atoms with van der Waals surface area (Å²) in [4.78, 5) is 38.7. The Morgan fingerprint density at radius 3 is 2.46 bits per heavy atom. The summed E-state index contributed by atoms with van der Waals surface area (Å²) in [7, 11) is 1.48. The van der Waals surface area contributed by atoms with Crippen LogP contribution in [0.2, 0.25) is 0 Å². The lowest BCUT2D eigenvalue weighted by molar-refractivity contribution is -0.144. The molecule has 0 spiro atoms. The van der Waals surface area contributed by atoms with Crippen LogP contribution in [0, 0.1) is 11.8 Å². The normalized spacial score (nSPS) is 24.1. The van der Waals surface area contributed by atoms with Gasteiger partial charge in [0, 0.05) is 47.5 Å². The van der Waals surface area contributed by atoms with Gasteiger partial charge in [0.2, 0.25) is 5.78 Å². The Labute approximate surface area is 237 Å². The zero-order valence-corrected chi connectivity index (χ0v) is 23.2. The summed E-state index contributed by atoms with van der Waals surface area (Å²) in [6, 6.07) is 11.5. The molecule has 0 saturated heterocycles. The number of nitrogens with one attached hydrogen (secondary N) is 1. The van der Waals surface area contributed by atoms with Gasteiger partial charge in [0.25, 0.3) is 5.91 Å². The van der Waals surface area contributed by atoms with Gasteiger partial charge in [-0.1, -0.05) is 44.2 Å². The molecule has 0 aliphatic heterocycles. The second-order valence-corrected chi connectivity index (χ2v) is 11.7. The van der Waals surface area contributed by atoms with E-state index in [0.717, 1.165) is 0 Å². The fourth-order valence-electron chi connectivity index (χ4n) is 6.62. The van der Waals surface area contributed by atoms with Crippen molar-refractivity contribution in [2.45, 2.75) is 50.7 Å². The number of aliphatic hydroxyl groups excluding tert-OH is 2. The van der Waals surface area contributed by atoms with Crippen molar-refractivity contribution in [2.75, 3.05) is 13.7 Å². The van der Waals surface area contributed by atoms with Gasteiger partial charge in [-0.15, -0.1) is 0 Å². The van der Waals surface area contributed by atoms with Crippen LogP contribution in [0.15, 0.2) is 59.1 Å². The van der Waals surface area contributed by atoms with E-state index >= 15 is 0 Å². The second-order valence-electron chi connectivity index (χ2n) is 11.7. The predicted molar refractivity (Wildman–Crippen MR) is 149 cm³/mol. The average Bonchev–Trinajstić information content (AvgIpc) is 2.91. The molecule has 2 aromatic carbocycles. The molecule has 0 heterocycles. The maximum Gasteiger partial charge on any atom is 0.255 e. The van der Waals surface area contributed by atoms with Gasteiger partial charge in [0.15, 0.2) is 11.4 Å². The number of rotatable bonds is 7. The zero-order valence-electron chi connectivity index (χ0n) is 23.2. The van der Waals surface area contributed by atoms with Crippen molar-refractivity contribution < 1.29 is 39.5 Å². The number of aromatic hydroxyl groups is 1. The summed E-state index contributed by atoms with van der Waals surface area (Å²) in [5.41, 5.74) is 3.67. The number of phenolic OH excluding ortho intramolecular Hbond substituents is 1. The van der Waals surface area contributed by atoms with Gasteiger partial charge in [0.05, 0.1) is 12.7 Å². The minimum absolute atomic E-state index is 0.0561. The number of Topliss-reactive ketones (excluding diaryl/α,β-unsaturated/α-hetero) is 2. The summed E-state index contributed by atoms with van der Waals surface area (Å²) >= 11 is 0. The minimum atomic E-state index is -2.59. The molecular weight excluding hydrogens is 528 g/mol. The van der Waals surface area contributed by atoms with Crippen molar-refractivity contribution in [1.82, 2.24) is 5.32 Å². The van der Waals surface area contributed by atoms with E-state index in [-0.39, 0.29) is 41.6 Å². The van der Waals surface area contributed by atoms with Crippen LogP contribution in [0.5, 0.6) is 11.5 Å². The first-order chi connectivity index (χ1) is 19.3. The lowest BCUT2D eigenvalue weighted by Gasteiger charge is -2.45. The molecule has 2 aromatic rings. The first-order valence-electron chi connectivity index (χ1n) is 13.5. The van der Waals surface area contributed by atoms with Crippen LogP contribution in [-0.4, -0.2) is 57.2 Å². The quantitative estimate of drug-likeness (QED) is 0.277. The van der Waals surface area contributed by atoms with E-state index in [1.807, 2.05) is 18.2 Å². The lowest BCUT2D eigenvalue weighted by Crippen LogP contribution is -2.57. The second kappa shape index (κ2) is 10.0. The van der Waals surface area contributed by atoms with Crippen LogP contribution in [0.1, 0.15) is 53.7 Å². The van der Waals surface area contributed by atoms with Crippen molar-refractivity contribution in [2.24, 2.45) is 17.6 Å². The Bertz CT molecular complexity index is 1520. The number of aliphatic hydroxyl groups is 3. The standard InChI is InChI=1S/C31H34N2O8/c1-30(2,17-7-5-4-6-8-17)14-33-13-16-11-20(34)23-19(26(16)41-3)10-15-9-18-12-21(35)24(29(32)39)28(38)31(18,40)27(37)22(15)25(23)36/h4-8,11,15,18,33-35,37,40H,9-10,12-14H2,1-3H3,(H2,32,39)/t15?,18-,31-/m0/s1. The summed E-state index contributed by atoms with van der Waals surface area (Å²) in [6.45, 7) is 5.21. The Morgan fingerprint density at radius 2 is 1.83 bits per heavy atom. The Kier molecular flexibility index (Phi) is 6.95. The molecular formula is C31H34N2O8. The molecule has 5 rings (SSSR count). The highest BCUT2D eigenvalue weighted by Gasteiger charge is 2.59. The first-order valence-corrected chi connectivity index (χ1v) is 13.5. The largest absolute Gasteiger partial charge is 0.511 e. The third-order valence-electron chi connectivity index (χ3n) is 8.73. The number of hydrogen-bond acceptors (Lipinski definition) is 9. The van der Waals surface area contributed by atoms with Gasteiger partial charge < -0.3 is 36.2 Å². The molecule has 3 aliphatic rings. The van der Waals surface area contributed by atoms with Gasteiger partial charge in [-0.2, -0.15) is 0 Å². The lowest BCUT2D eigenvalue weighted by atomic mass is 9.60. The monoisotopic (exact) mass is 562 g/mol. The molecule has 10 nitrogen and oxygen atoms in total. The van der Waals surface area contributed by atoms with Crippen molar-refractivity contribution in [3.8, 4) is 11.5 Å². The van der Waals surface area contributed by atoms with Gasteiger partial charge in [-0.3, -0.25) is 14.4 Å². The fraction of sp³-hybridized carbons (Fsp3) is 0.387. The Morgan fingerprint density at radius 1 is 1.15 bits per heavy atom. The number of benzene rings is 2. The molecule has 10 heteroatoms. The van der Waals surface area contributed by atoms with E-state index in [2.05, 4.69) is 31.3 Å². The minimum Gasteiger partial charge on any atom is -0.511 e. The van der Waals surface area contributed by atoms with E-state index in [0.29, 0.717) is 30.0 Å². The molecule has 0 saturated carbocycles. The molecule has 216 valence electrons. The van der Waals surface area contributed by atoms with Gasteiger partial charge in [-0.25, -0.2) is 0 Å². The molecule has 0 aromatic heterocycles. The Balaban J connectivity index is 1.49. The molecule has 0 bridgehead atoms. The number of ether oxygens (including phenoxy) is 1. The van der Waals surface area contributed by atoms with Crippen LogP contribution in [0.4, 0.5) is 0 Å². The number of allylic oxidation sites excluding steroid dienone is 2. The molecule has 1 amide bonds. The van der Waals surface area contributed by atoms with Gasteiger partial charge >= 0.3 is 0 Å². The highest BCUT2D eigenvalue weighted by molar-refractivity contribution is 6.24. The van der Waals surface area contributed by atoms with Gasteiger partial charge in [0.1, 0.15) is 28.6 Å². The molecule has 41 heavy (non-hydrogen) atoms. The number of methoxy groups -OCH3 is 1. The van der Waals surface area contributed by atoms with E-state index in [4.69, 9.17) is 10.5 Å². The topological polar surface area (TPSA) is 179 Å². The summed E-state index contributed by atoms with van der Waals surface area (Å²) in [5.74, 6) is -6.19. The predicted octanol–water partition coefficient (Wildman–Crippen LogP) is 2.66. The fourth-order valence-corrected chi connectivity index (χ4v) is 6.62. The van der Waals surface area contributed by atoms with Crippen LogP contribution in [0.25, 0.3) is 0 Å². The van der Waals surface area contributed by atoms with Crippen molar-refractivity contribution in [3.63, 3.8) is 0 Å². The highest BCUT2D eigenvalue weighted by atomic mass is 16.5. The maximum absolute atomic E-state index is 13.7. The van der Waals surface area contributed by atoms with E-state index in [1.54, 1.807) is 0 Å². The number of amides is 1. The third-order valence-corrected chi connectivity index (χ3v) is 8.73. The molecule has 3 aliphatic carbocycles. The van der Waals surface area contributed by atoms with Crippen molar-refractivity contribution in [3.05, 3.63) is 81.3 Å². The molecule has 1 unspecified atom stereocenters. The smallest absolute Gasteiger partial charge is 0.255 e. The van der Waals surface area contributed by atoms with E-state index in [1.165, 1.54) is 18.7 Å². The average molecular weight is 563 g/mol. The SMILES string of the molecule is COc1c(CNCC(C)(C)c2ccccc2)cc(O)c2c1CC1C[C@H]3CC(O)=C(C(N)=O)C(=O)[C@@]3(O)C(O)=C1C2=O. The van der Waals surface area contributed by atoms with Crippen molar-refractivity contribution in [1.29, 1.82) is 0 Å². The number of phenols is 1. The molecule has 0 fully saturated rings. The molecule has 3 atom stereocenters. The Hall–Kier alpha value is -4.15. The number of primary amides is 1. The van der Waals surface area contributed by atoms with E-state index < -0.39 is 52.0 Å². The van der Waals surface area contributed by atoms with Crippen LogP contribution >= 0.6 is 0 Å². The number of carbonyl (C=O) groups is 3. The highest BCUT2D eigenvalue weighted by Crippen LogP contribution is 2.52. The molecule has 7 N–H and O–H groups in total. The number of ketones is 2. The van der Waals surface area contributed by atoms with Crippen LogP contribution in [0.3, 0.4) is 0 Å². The summed E-state index contributed by atoms with van der Waals surface area (Å²) in [5, 5.41) is 47.3. The maximum atomic E-state index is 13.7. The summed E-state index contributed by atoms with van der Waals surface area (Å²) in [6.07, 6.45) is -0.0476. The number of nitrogens with two attached hydrogens (primary N) is 1. The number of carbonyl (C=O) groups excluding carboxylic acids is 3. The van der Waals surface area contributed by atoms with E-state index in [9.17, 15) is 34.8 Å². The number of hydrogen-bond donors (Lipinski definition) is 6. The molecule has 0 radical (unpaired) electrons. The van der Waals surface area contributed by atoms with Crippen LogP contribution in [-0.2, 0) is 28.0 Å². The first kappa shape index (κ1) is 28.4. The van der Waals surface area contributed by atoms with Crippen molar-refractivity contribution >= 4 is 17.5 Å². The summed E-state index contributed by atoms with van der Waals surface area (Å²) < 4.78 is 5.74. The zero-order chi connectivity index (χ0) is 29.9. The van der Waals surface area contributed by atoms with Crippen LogP contribution < -0.4 is 15.8 Å². The number of fused-ring (bicyclic) bond motifs is 3. The third kappa shape index (κ3) is 4.38. The van der Waals surface area contributed by atoms with Gasteiger partial charge in [-0.05, 0) is 30.4 Å².